The molecular formula is C14H23NO3S. The average molecular weight is 285 g/mol. The largest absolute Gasteiger partial charge is 0.493 e. The van der Waals surface area contributed by atoms with Gasteiger partial charge in [-0.3, -0.25) is 0 Å². The van der Waals surface area contributed by atoms with Gasteiger partial charge in [-0.05, 0) is 37.8 Å². The van der Waals surface area contributed by atoms with Gasteiger partial charge in [-0.25, -0.2) is 0 Å². The molecule has 1 rings (SSSR count). The summed E-state index contributed by atoms with van der Waals surface area (Å²) in [5.41, 5.74) is 0.828. The highest BCUT2D eigenvalue weighted by Gasteiger charge is 2.17. The molecule has 0 unspecified atom stereocenters. The van der Waals surface area contributed by atoms with Gasteiger partial charge >= 0.3 is 0 Å². The van der Waals surface area contributed by atoms with E-state index in [4.69, 9.17) is 9.47 Å². The molecule has 0 radical (unpaired) electrons. The lowest BCUT2D eigenvalue weighted by Crippen LogP contribution is -2.42. The maximum absolute atomic E-state index is 9.27. The van der Waals surface area contributed by atoms with Crippen molar-refractivity contribution in [1.29, 1.82) is 0 Å². The van der Waals surface area contributed by atoms with Gasteiger partial charge in [0.05, 0.1) is 20.8 Å². The van der Waals surface area contributed by atoms with Crippen LogP contribution in [0.4, 0.5) is 0 Å². The average Bonchev–Trinajstić information content (AvgIpc) is 2.44. The molecule has 1 aromatic carbocycles. The standard InChI is InChI=1S/C14H23NO3S/c1-14(2,9-16)15-8-10-6-11(17-3)12(18-4)7-13(10)19-5/h6-7,15-16H,8-9H2,1-5H3. The van der Waals surface area contributed by atoms with Crippen LogP contribution in [0.1, 0.15) is 19.4 Å². The van der Waals surface area contributed by atoms with Crippen molar-refractivity contribution < 1.29 is 14.6 Å². The Kier molecular flexibility index (Phi) is 5.97. The summed E-state index contributed by atoms with van der Waals surface area (Å²) < 4.78 is 10.6. The molecule has 108 valence electrons. The minimum Gasteiger partial charge on any atom is -0.493 e. The van der Waals surface area contributed by atoms with Gasteiger partial charge in [0.2, 0.25) is 0 Å². The Morgan fingerprint density at radius 3 is 2.26 bits per heavy atom. The van der Waals surface area contributed by atoms with E-state index in [1.807, 2.05) is 32.2 Å². The van der Waals surface area contributed by atoms with E-state index < -0.39 is 0 Å². The molecule has 0 saturated carbocycles. The van der Waals surface area contributed by atoms with Crippen molar-refractivity contribution in [1.82, 2.24) is 5.32 Å². The van der Waals surface area contributed by atoms with Crippen LogP contribution in [0.3, 0.4) is 0 Å². The zero-order chi connectivity index (χ0) is 14.5. The molecule has 0 fully saturated rings. The molecule has 19 heavy (non-hydrogen) atoms. The molecule has 5 heteroatoms. The third-order valence-electron chi connectivity index (χ3n) is 2.94. The summed E-state index contributed by atoms with van der Waals surface area (Å²) in [6.07, 6.45) is 2.03. The Hall–Kier alpha value is -0.910. The first-order valence-electron chi connectivity index (χ1n) is 6.12. The lowest BCUT2D eigenvalue weighted by atomic mass is 10.1. The van der Waals surface area contributed by atoms with Crippen molar-refractivity contribution in [3.63, 3.8) is 0 Å². The van der Waals surface area contributed by atoms with Crippen LogP contribution in [0.15, 0.2) is 17.0 Å². The third kappa shape index (κ3) is 4.30. The van der Waals surface area contributed by atoms with E-state index in [-0.39, 0.29) is 12.1 Å². The highest BCUT2D eigenvalue weighted by atomic mass is 32.2. The van der Waals surface area contributed by atoms with Gasteiger partial charge in [-0.2, -0.15) is 0 Å². The molecule has 0 aliphatic carbocycles. The number of aliphatic hydroxyl groups is 1. The van der Waals surface area contributed by atoms with Crippen LogP contribution < -0.4 is 14.8 Å². The Labute approximate surface area is 119 Å². The number of methoxy groups -OCH3 is 2. The van der Waals surface area contributed by atoms with Crippen molar-refractivity contribution in [2.75, 3.05) is 27.1 Å². The number of nitrogens with one attached hydrogen (secondary N) is 1. The fourth-order valence-electron chi connectivity index (χ4n) is 1.62. The van der Waals surface area contributed by atoms with E-state index in [0.717, 1.165) is 22.0 Å². The molecular weight excluding hydrogens is 262 g/mol. The molecule has 0 amide bonds. The summed E-state index contributed by atoms with van der Waals surface area (Å²) >= 11 is 1.66. The fraction of sp³-hybridized carbons (Fsp3) is 0.571. The summed E-state index contributed by atoms with van der Waals surface area (Å²) in [6, 6.07) is 3.96. The molecule has 0 spiro atoms. The number of hydrogen-bond donors (Lipinski definition) is 2. The predicted octanol–water partition coefficient (Wildman–Crippen LogP) is 2.29. The van der Waals surface area contributed by atoms with Crippen molar-refractivity contribution in [3.8, 4) is 11.5 Å². The summed E-state index contributed by atoms with van der Waals surface area (Å²) in [5.74, 6) is 1.45. The van der Waals surface area contributed by atoms with Crippen LogP contribution in [-0.4, -0.2) is 37.7 Å². The van der Waals surface area contributed by atoms with Gasteiger partial charge in [0, 0.05) is 17.0 Å². The second-order valence-electron chi connectivity index (χ2n) is 4.91. The third-order valence-corrected chi connectivity index (χ3v) is 3.76. The first-order valence-corrected chi connectivity index (χ1v) is 7.34. The minimum atomic E-state index is -0.303. The summed E-state index contributed by atoms with van der Waals surface area (Å²) in [5, 5.41) is 12.6. The highest BCUT2D eigenvalue weighted by Crippen LogP contribution is 2.34. The second kappa shape index (κ2) is 7.03. The summed E-state index contributed by atoms with van der Waals surface area (Å²) in [4.78, 5) is 1.14. The van der Waals surface area contributed by atoms with E-state index in [1.165, 1.54) is 0 Å². The van der Waals surface area contributed by atoms with Crippen LogP contribution in [0.2, 0.25) is 0 Å². The number of ether oxygens (including phenoxy) is 2. The van der Waals surface area contributed by atoms with Crippen LogP contribution in [0, 0.1) is 0 Å². The molecule has 0 saturated heterocycles. The predicted molar refractivity (Wildman–Crippen MR) is 79.3 cm³/mol. The van der Waals surface area contributed by atoms with E-state index in [1.54, 1.807) is 26.0 Å². The monoisotopic (exact) mass is 285 g/mol. The Morgan fingerprint density at radius 1 is 1.21 bits per heavy atom. The summed E-state index contributed by atoms with van der Waals surface area (Å²) in [6.45, 7) is 4.69. The quantitative estimate of drug-likeness (QED) is 0.753. The number of benzene rings is 1. The SMILES string of the molecule is COc1cc(CNC(C)(C)CO)c(SC)cc1OC. The lowest BCUT2D eigenvalue weighted by Gasteiger charge is -2.24. The molecule has 0 aliphatic heterocycles. The number of rotatable bonds is 7. The first kappa shape index (κ1) is 16.1. The molecule has 0 bridgehead atoms. The van der Waals surface area contributed by atoms with Crippen LogP contribution in [0.25, 0.3) is 0 Å². The molecule has 4 nitrogen and oxygen atoms in total. The van der Waals surface area contributed by atoms with Gasteiger partial charge in [0.15, 0.2) is 11.5 Å². The van der Waals surface area contributed by atoms with Crippen molar-refractivity contribution >= 4 is 11.8 Å². The second-order valence-corrected chi connectivity index (χ2v) is 5.76. The topological polar surface area (TPSA) is 50.7 Å². The number of thioether (sulfide) groups is 1. The zero-order valence-electron chi connectivity index (χ0n) is 12.2. The maximum atomic E-state index is 9.27. The molecule has 0 atom stereocenters. The van der Waals surface area contributed by atoms with Crippen LogP contribution >= 0.6 is 11.8 Å². The number of hydrogen-bond acceptors (Lipinski definition) is 5. The molecule has 0 aromatic heterocycles. The van der Waals surface area contributed by atoms with Gasteiger partial charge in [-0.15, -0.1) is 11.8 Å². The van der Waals surface area contributed by atoms with Gasteiger partial charge in [0.25, 0.3) is 0 Å². The van der Waals surface area contributed by atoms with E-state index in [9.17, 15) is 5.11 Å². The number of aliphatic hydroxyl groups excluding tert-OH is 1. The van der Waals surface area contributed by atoms with Crippen LogP contribution in [0.5, 0.6) is 11.5 Å². The van der Waals surface area contributed by atoms with E-state index >= 15 is 0 Å². The van der Waals surface area contributed by atoms with Crippen molar-refractivity contribution in [2.24, 2.45) is 0 Å². The van der Waals surface area contributed by atoms with E-state index in [0.29, 0.717) is 6.54 Å². The van der Waals surface area contributed by atoms with Crippen molar-refractivity contribution in [3.05, 3.63) is 17.7 Å². The molecule has 2 N–H and O–H groups in total. The van der Waals surface area contributed by atoms with Gasteiger partial charge < -0.3 is 19.9 Å². The smallest absolute Gasteiger partial charge is 0.161 e. The normalized spacial score (nSPS) is 11.5. The zero-order valence-corrected chi connectivity index (χ0v) is 13.1. The fourth-order valence-corrected chi connectivity index (χ4v) is 2.24. The summed E-state index contributed by atoms with van der Waals surface area (Å²) in [7, 11) is 3.26. The Bertz CT molecular complexity index is 421. The van der Waals surface area contributed by atoms with Crippen LogP contribution in [-0.2, 0) is 6.54 Å². The van der Waals surface area contributed by atoms with Gasteiger partial charge in [0.1, 0.15) is 0 Å². The Balaban J connectivity index is 2.99. The Morgan fingerprint density at radius 2 is 1.79 bits per heavy atom. The minimum absolute atomic E-state index is 0.0922. The highest BCUT2D eigenvalue weighted by molar-refractivity contribution is 7.98. The van der Waals surface area contributed by atoms with Gasteiger partial charge in [-0.1, -0.05) is 0 Å². The van der Waals surface area contributed by atoms with Crippen molar-refractivity contribution in [2.45, 2.75) is 30.8 Å². The molecule has 0 aliphatic rings. The maximum Gasteiger partial charge on any atom is 0.161 e. The van der Waals surface area contributed by atoms with E-state index in [2.05, 4.69) is 5.32 Å². The molecule has 1 aromatic rings. The molecule has 0 heterocycles. The first-order chi connectivity index (χ1) is 8.97. The lowest BCUT2D eigenvalue weighted by molar-refractivity contribution is 0.187.